The summed E-state index contributed by atoms with van der Waals surface area (Å²) in [6.45, 7) is 0.964. The summed E-state index contributed by atoms with van der Waals surface area (Å²) in [5, 5.41) is 7.85. The fourth-order valence-electron chi connectivity index (χ4n) is 4.30. The zero-order chi connectivity index (χ0) is 23.8. The molecule has 34 heavy (non-hydrogen) atoms. The number of Topliss-reactive ketones (excluding diaryl/α,β-unsaturated/α-hetero) is 1. The van der Waals surface area contributed by atoms with Gasteiger partial charge in [0.05, 0.1) is 16.6 Å². The van der Waals surface area contributed by atoms with Gasteiger partial charge in [-0.05, 0) is 36.6 Å². The van der Waals surface area contributed by atoms with E-state index in [9.17, 15) is 23.6 Å². The second-order valence-electron chi connectivity index (χ2n) is 8.76. The SMILES string of the molecule is O=C(C(=O)N1CCN(C(=O)c2cc(Cc3n[nH]c(=O)c4ccccc34)ccc2F)CC1)C1CC1. The first kappa shape index (κ1) is 21.9. The van der Waals surface area contributed by atoms with Crippen molar-refractivity contribution < 1.29 is 18.8 Å². The lowest BCUT2D eigenvalue weighted by molar-refractivity contribution is -0.146. The molecule has 1 saturated carbocycles. The van der Waals surface area contributed by atoms with Crippen LogP contribution < -0.4 is 5.56 Å². The predicted octanol–water partition coefficient (Wildman–Crippen LogP) is 1.92. The summed E-state index contributed by atoms with van der Waals surface area (Å²) < 4.78 is 14.6. The van der Waals surface area contributed by atoms with Crippen LogP contribution >= 0.6 is 0 Å². The number of H-pyrrole nitrogens is 1. The molecule has 0 radical (unpaired) electrons. The molecule has 0 spiro atoms. The molecular weight excluding hydrogens is 439 g/mol. The average Bonchev–Trinajstić information content (AvgIpc) is 3.71. The molecule has 2 heterocycles. The Hall–Kier alpha value is -3.88. The van der Waals surface area contributed by atoms with E-state index in [1.807, 2.05) is 6.07 Å². The van der Waals surface area contributed by atoms with Gasteiger partial charge in [-0.25, -0.2) is 9.49 Å². The van der Waals surface area contributed by atoms with Crippen molar-refractivity contribution in [3.05, 3.63) is 75.5 Å². The van der Waals surface area contributed by atoms with Crippen LogP contribution in [0.5, 0.6) is 0 Å². The molecule has 2 fully saturated rings. The van der Waals surface area contributed by atoms with E-state index in [-0.39, 0.29) is 49.0 Å². The number of rotatable bonds is 5. The number of carbonyl (C=O) groups is 3. The number of aromatic nitrogens is 2. The van der Waals surface area contributed by atoms with Gasteiger partial charge in [-0.2, -0.15) is 5.10 Å². The first-order valence-corrected chi connectivity index (χ1v) is 11.3. The molecule has 1 N–H and O–H groups in total. The quantitative estimate of drug-likeness (QED) is 0.584. The molecule has 0 atom stereocenters. The van der Waals surface area contributed by atoms with E-state index < -0.39 is 17.6 Å². The van der Waals surface area contributed by atoms with E-state index in [1.165, 1.54) is 21.9 Å². The van der Waals surface area contributed by atoms with Gasteiger partial charge in [-0.15, -0.1) is 0 Å². The van der Waals surface area contributed by atoms with Crippen molar-refractivity contribution in [2.75, 3.05) is 26.2 Å². The Kier molecular flexibility index (Phi) is 5.69. The van der Waals surface area contributed by atoms with E-state index in [2.05, 4.69) is 10.2 Å². The number of benzene rings is 2. The molecule has 1 aliphatic heterocycles. The van der Waals surface area contributed by atoms with Crippen molar-refractivity contribution in [3.8, 4) is 0 Å². The second kappa shape index (κ2) is 8.81. The molecule has 0 unspecified atom stereocenters. The Morgan fingerprint density at radius 1 is 0.971 bits per heavy atom. The van der Waals surface area contributed by atoms with Gasteiger partial charge in [0, 0.05) is 43.9 Å². The fraction of sp³-hybridized carbons (Fsp3) is 0.320. The van der Waals surface area contributed by atoms with Gasteiger partial charge in [0.15, 0.2) is 0 Å². The number of ketones is 1. The Balaban J connectivity index is 1.31. The van der Waals surface area contributed by atoms with E-state index in [4.69, 9.17) is 0 Å². The number of piperazine rings is 1. The van der Waals surface area contributed by atoms with E-state index in [0.717, 1.165) is 12.8 Å². The third kappa shape index (κ3) is 4.21. The highest BCUT2D eigenvalue weighted by Gasteiger charge is 2.37. The third-order valence-corrected chi connectivity index (χ3v) is 6.42. The monoisotopic (exact) mass is 462 g/mol. The van der Waals surface area contributed by atoms with Crippen LogP contribution in [0.4, 0.5) is 4.39 Å². The first-order valence-electron chi connectivity index (χ1n) is 11.3. The minimum Gasteiger partial charge on any atom is -0.335 e. The molecule has 174 valence electrons. The highest BCUT2D eigenvalue weighted by Crippen LogP contribution is 2.30. The van der Waals surface area contributed by atoms with E-state index >= 15 is 0 Å². The molecule has 1 saturated heterocycles. The summed E-state index contributed by atoms with van der Waals surface area (Å²) in [6.07, 6.45) is 1.84. The van der Waals surface area contributed by atoms with Gasteiger partial charge in [0.1, 0.15) is 5.82 Å². The third-order valence-electron chi connectivity index (χ3n) is 6.42. The Morgan fingerprint density at radius 3 is 2.35 bits per heavy atom. The fourth-order valence-corrected chi connectivity index (χ4v) is 4.30. The van der Waals surface area contributed by atoms with Crippen molar-refractivity contribution >= 4 is 28.4 Å². The lowest BCUT2D eigenvalue weighted by atomic mass is 10.0. The predicted molar refractivity (Wildman–Crippen MR) is 122 cm³/mol. The zero-order valence-electron chi connectivity index (χ0n) is 18.4. The van der Waals surface area contributed by atoms with Crippen LogP contribution in [-0.4, -0.2) is 63.8 Å². The normalized spacial score (nSPS) is 16.0. The van der Waals surface area contributed by atoms with Crippen molar-refractivity contribution in [2.24, 2.45) is 5.92 Å². The van der Waals surface area contributed by atoms with E-state index in [1.54, 1.807) is 24.3 Å². The molecule has 1 aromatic heterocycles. The van der Waals surface area contributed by atoms with Crippen LogP contribution in [0.2, 0.25) is 0 Å². The first-order chi connectivity index (χ1) is 16.4. The highest BCUT2D eigenvalue weighted by molar-refractivity contribution is 6.37. The topological polar surface area (TPSA) is 103 Å². The molecule has 8 nitrogen and oxygen atoms in total. The Labute approximate surface area is 194 Å². The molecule has 9 heteroatoms. The number of hydrogen-bond acceptors (Lipinski definition) is 5. The molecule has 2 aromatic carbocycles. The molecule has 1 aliphatic carbocycles. The number of fused-ring (bicyclic) bond motifs is 1. The molecule has 5 rings (SSSR count). The minimum atomic E-state index is -0.629. The van der Waals surface area contributed by atoms with Crippen molar-refractivity contribution in [1.82, 2.24) is 20.0 Å². The number of carbonyl (C=O) groups excluding carboxylic acids is 3. The maximum Gasteiger partial charge on any atom is 0.290 e. The molecular formula is C25H23FN4O4. The largest absolute Gasteiger partial charge is 0.335 e. The standard InChI is InChI=1S/C25H23FN4O4/c26-20-8-5-15(14-21-17-3-1-2-4-18(17)23(32)28-27-21)13-19(20)24(33)29-9-11-30(12-10-29)25(34)22(31)16-6-7-16/h1-5,8,13,16H,6-7,9-12,14H2,(H,28,32). The summed E-state index contributed by atoms with van der Waals surface area (Å²) in [5.41, 5.74) is 0.955. The smallest absolute Gasteiger partial charge is 0.290 e. The molecule has 3 aromatic rings. The van der Waals surface area contributed by atoms with Gasteiger partial charge in [-0.1, -0.05) is 24.3 Å². The van der Waals surface area contributed by atoms with Crippen molar-refractivity contribution in [1.29, 1.82) is 0 Å². The van der Waals surface area contributed by atoms with Crippen LogP contribution in [0, 0.1) is 11.7 Å². The van der Waals surface area contributed by atoms with E-state index in [0.29, 0.717) is 28.5 Å². The second-order valence-corrected chi connectivity index (χ2v) is 8.76. The van der Waals surface area contributed by atoms with Crippen LogP contribution in [-0.2, 0) is 16.0 Å². The van der Waals surface area contributed by atoms with Gasteiger partial charge in [-0.3, -0.25) is 19.2 Å². The lowest BCUT2D eigenvalue weighted by Gasteiger charge is -2.34. The van der Waals surface area contributed by atoms with Crippen LogP contribution in [0.1, 0.15) is 34.5 Å². The van der Waals surface area contributed by atoms with Gasteiger partial charge < -0.3 is 9.80 Å². The molecule has 2 aliphatic rings. The van der Waals surface area contributed by atoms with Gasteiger partial charge >= 0.3 is 0 Å². The highest BCUT2D eigenvalue weighted by atomic mass is 19.1. The Bertz CT molecular complexity index is 1360. The average molecular weight is 462 g/mol. The number of nitrogens with one attached hydrogen (secondary N) is 1. The van der Waals surface area contributed by atoms with Gasteiger partial charge in [0.2, 0.25) is 5.78 Å². The number of aromatic amines is 1. The van der Waals surface area contributed by atoms with Gasteiger partial charge in [0.25, 0.3) is 17.4 Å². The van der Waals surface area contributed by atoms with Crippen molar-refractivity contribution in [2.45, 2.75) is 19.3 Å². The maximum absolute atomic E-state index is 14.6. The Morgan fingerprint density at radius 2 is 1.65 bits per heavy atom. The number of hydrogen-bond donors (Lipinski definition) is 1. The van der Waals surface area contributed by atoms with Crippen LogP contribution in [0.25, 0.3) is 10.8 Å². The lowest BCUT2D eigenvalue weighted by Crippen LogP contribution is -2.52. The number of nitrogens with zero attached hydrogens (tertiary/aromatic N) is 3. The van der Waals surface area contributed by atoms with Crippen LogP contribution in [0.3, 0.4) is 0 Å². The number of halogens is 1. The maximum atomic E-state index is 14.6. The number of amides is 2. The summed E-state index contributed by atoms with van der Waals surface area (Å²) in [7, 11) is 0. The van der Waals surface area contributed by atoms with Crippen molar-refractivity contribution in [3.63, 3.8) is 0 Å². The minimum absolute atomic E-state index is 0.0555. The zero-order valence-corrected chi connectivity index (χ0v) is 18.4. The molecule has 2 amide bonds. The summed E-state index contributed by atoms with van der Waals surface area (Å²) >= 11 is 0. The molecule has 0 bridgehead atoms. The summed E-state index contributed by atoms with van der Waals surface area (Å²) in [5.74, 6) is -2.06. The summed E-state index contributed by atoms with van der Waals surface area (Å²) in [4.78, 5) is 52.4. The van der Waals surface area contributed by atoms with Crippen LogP contribution in [0.15, 0.2) is 47.3 Å². The summed E-state index contributed by atoms with van der Waals surface area (Å²) in [6, 6.07) is 11.4.